The molecule has 6 heterocycles. The fourth-order valence-corrected chi connectivity index (χ4v) is 13.5. The number of carbonyl (C=O) groups is 6. The number of ether oxygens (including phenoxy) is 6. The van der Waals surface area contributed by atoms with Crippen LogP contribution < -0.4 is 40.3 Å². The number of anilines is 2. The third kappa shape index (κ3) is 7.21. The van der Waals surface area contributed by atoms with Crippen LogP contribution in [0.5, 0.6) is 23.0 Å². The molecule has 68 heavy (non-hydrogen) atoms. The molecule has 4 aromatic heterocycles. The van der Waals surface area contributed by atoms with E-state index in [2.05, 4.69) is 31.0 Å². The summed E-state index contributed by atoms with van der Waals surface area (Å²) < 4.78 is 36.8. The van der Waals surface area contributed by atoms with Crippen molar-refractivity contribution in [2.24, 2.45) is 0 Å². The van der Waals surface area contributed by atoms with Gasteiger partial charge in [0.15, 0.2) is 22.9 Å². The van der Waals surface area contributed by atoms with Crippen LogP contribution in [0, 0.1) is 0 Å². The van der Waals surface area contributed by atoms with Crippen molar-refractivity contribution in [2.75, 3.05) is 53.3 Å². The maximum atomic E-state index is 14.3. The van der Waals surface area contributed by atoms with Gasteiger partial charge in [-0.3, -0.25) is 28.0 Å². The van der Waals surface area contributed by atoms with E-state index in [0.29, 0.717) is 62.4 Å². The van der Waals surface area contributed by atoms with Crippen molar-refractivity contribution in [2.45, 2.75) is 33.4 Å². The lowest BCUT2D eigenvalue weighted by atomic mass is 10.1. The summed E-state index contributed by atoms with van der Waals surface area (Å²) in [7, 11) is 8.19. The van der Waals surface area contributed by atoms with Gasteiger partial charge in [-0.25, -0.2) is 9.59 Å². The second-order valence-corrected chi connectivity index (χ2v) is 18.9. The molecular formula is C44H34N8O12S4. The summed E-state index contributed by atoms with van der Waals surface area (Å²) in [5.41, 5.74) is 0.113. The Balaban J connectivity index is 1.24. The number of ketones is 2. The van der Waals surface area contributed by atoms with E-state index in [1.165, 1.54) is 112 Å². The van der Waals surface area contributed by atoms with Crippen molar-refractivity contribution in [3.8, 4) is 23.0 Å². The number of benzene rings is 3. The third-order valence-electron chi connectivity index (χ3n) is 10.6. The normalized spacial score (nSPS) is 12.8. The summed E-state index contributed by atoms with van der Waals surface area (Å²) in [6.45, 7) is 2.60. The van der Waals surface area contributed by atoms with Crippen molar-refractivity contribution in [3.05, 3.63) is 93.1 Å². The molecule has 2 aliphatic heterocycles. The number of carbonyl (C=O) groups excluding carboxylic acids is 6. The van der Waals surface area contributed by atoms with Crippen LogP contribution in [-0.4, -0.2) is 107 Å². The van der Waals surface area contributed by atoms with Crippen molar-refractivity contribution in [1.29, 1.82) is 0 Å². The van der Waals surface area contributed by atoms with E-state index in [1.54, 1.807) is 48.5 Å². The fourth-order valence-electron chi connectivity index (χ4n) is 7.78. The highest BCUT2D eigenvalue weighted by molar-refractivity contribution is 8.33. The largest absolute Gasteiger partial charge is 0.495 e. The van der Waals surface area contributed by atoms with Crippen LogP contribution in [0.4, 0.5) is 11.4 Å². The highest BCUT2D eigenvalue weighted by atomic mass is 32.2. The number of aromatic nitrogens is 6. The van der Waals surface area contributed by atoms with Gasteiger partial charge in [0, 0.05) is 0 Å². The Morgan fingerprint density at radius 2 is 0.838 bits per heavy atom. The van der Waals surface area contributed by atoms with Gasteiger partial charge in [-0.15, -0.1) is 20.4 Å². The minimum absolute atomic E-state index is 0.0435. The second-order valence-electron chi connectivity index (χ2n) is 14.3. The Labute approximate surface area is 400 Å². The summed E-state index contributed by atoms with van der Waals surface area (Å²) in [5.74, 6) is -3.32. The first-order valence-electron chi connectivity index (χ1n) is 19.8. The minimum Gasteiger partial charge on any atom is -0.495 e. The summed E-state index contributed by atoms with van der Waals surface area (Å²) in [6.07, 6.45) is 0. The highest BCUT2D eigenvalue weighted by Gasteiger charge is 2.41. The number of methoxy groups -OCH3 is 6. The molecule has 24 heteroatoms. The summed E-state index contributed by atoms with van der Waals surface area (Å²) in [5, 5.41) is 22.5. The molecular weight excluding hydrogens is 961 g/mol. The molecule has 0 unspecified atom stereocenters. The molecule has 0 aliphatic carbocycles. The first-order chi connectivity index (χ1) is 32.8. The van der Waals surface area contributed by atoms with Crippen LogP contribution in [0.15, 0.2) is 68.1 Å². The molecule has 0 saturated carbocycles. The van der Waals surface area contributed by atoms with E-state index < -0.39 is 35.3 Å². The molecule has 0 bridgehead atoms. The van der Waals surface area contributed by atoms with Gasteiger partial charge >= 0.3 is 11.9 Å². The zero-order valence-electron chi connectivity index (χ0n) is 36.8. The molecule has 20 nitrogen and oxygen atoms in total. The zero-order chi connectivity index (χ0) is 48.3. The second kappa shape index (κ2) is 18.1. The Morgan fingerprint density at radius 3 is 1.15 bits per heavy atom. The molecule has 0 atom stereocenters. The predicted octanol–water partition coefficient (Wildman–Crippen LogP) is 5.65. The zero-order valence-corrected chi connectivity index (χ0v) is 40.1. The smallest absolute Gasteiger partial charge is 0.376 e. The lowest BCUT2D eigenvalue weighted by molar-refractivity contribution is 0.0576. The lowest BCUT2D eigenvalue weighted by Gasteiger charge is -2.14. The predicted molar refractivity (Wildman–Crippen MR) is 251 cm³/mol. The van der Waals surface area contributed by atoms with Gasteiger partial charge < -0.3 is 39.1 Å². The molecule has 2 N–H and O–H groups in total. The molecule has 3 aromatic carbocycles. The van der Waals surface area contributed by atoms with Crippen molar-refractivity contribution >= 4 is 114 Å². The highest BCUT2D eigenvalue weighted by Crippen LogP contribution is 2.68. The molecule has 2 aliphatic rings. The lowest BCUT2D eigenvalue weighted by Crippen LogP contribution is -2.24. The van der Waals surface area contributed by atoms with Crippen molar-refractivity contribution in [1.82, 2.24) is 29.2 Å². The van der Waals surface area contributed by atoms with Crippen molar-refractivity contribution < 1.29 is 57.2 Å². The van der Waals surface area contributed by atoms with Crippen LogP contribution in [0.25, 0.3) is 19.8 Å². The molecule has 0 spiro atoms. The summed E-state index contributed by atoms with van der Waals surface area (Å²) >= 11 is 4.74. The van der Waals surface area contributed by atoms with Gasteiger partial charge in [0.25, 0.3) is 11.8 Å². The molecule has 7 aromatic rings. The first-order valence-corrected chi connectivity index (χ1v) is 23.1. The van der Waals surface area contributed by atoms with Crippen LogP contribution in [0.2, 0.25) is 0 Å². The van der Waals surface area contributed by atoms with Gasteiger partial charge in [-0.05, 0) is 38.1 Å². The Kier molecular flexibility index (Phi) is 12.2. The third-order valence-corrected chi connectivity index (χ3v) is 15.8. The van der Waals surface area contributed by atoms with Crippen LogP contribution in [0.3, 0.4) is 0 Å². The number of fused-ring (bicyclic) bond motifs is 4. The Morgan fingerprint density at radius 1 is 0.485 bits per heavy atom. The number of Topliss-reactive ketones (excluding diaryl/α,β-unsaturated/α-hetero) is 2. The number of hydrogen-bond donors (Lipinski definition) is 2. The van der Waals surface area contributed by atoms with Crippen LogP contribution in [-0.2, 0) is 9.47 Å². The summed E-state index contributed by atoms with van der Waals surface area (Å²) in [4.78, 5) is 84.9. The van der Waals surface area contributed by atoms with Gasteiger partial charge in [0.2, 0.25) is 11.6 Å². The number of amides is 2. The maximum Gasteiger partial charge on any atom is 0.376 e. The average Bonchev–Trinajstić information content (AvgIpc) is 4.20. The average molecular weight is 995 g/mol. The number of para-hydroxylation sites is 4. The fraction of sp³-hybridized carbons (Fsp3) is 0.182. The number of hydrogen-bond acceptors (Lipinski definition) is 20. The minimum atomic E-state index is -0.873. The number of esters is 2. The summed E-state index contributed by atoms with van der Waals surface area (Å²) in [6, 6.07) is 13.4. The van der Waals surface area contributed by atoms with E-state index in [9.17, 15) is 28.8 Å². The molecule has 346 valence electrons. The SMILES string of the molecule is COC(=O)c1nnc2c(C(=O)Nc3ccccc3OC)c(C(C)=O)c(=C3Sc4c(OC)c5c(c(OC)c4S3)SC(=c3c(C(C)=O)c(C(=O)Nc4ccccc4OC)c4nnc(C(=O)OC)n34)S5)n12. The molecule has 9 rings (SSSR count). The maximum absolute atomic E-state index is 14.3. The quantitative estimate of drug-likeness (QED) is 0.111. The standard InChI is InChI=1S/C44H34N8O12S4/c1-17(53)23-25(39(55)45-19-13-9-11-15-21(19)59-3)35-47-49-37(41(57)63-7)51(35)27(23)43-65-31-29(61-5)33-34(30(62-6)32(31)66-43)68-44(67-33)28-24(18(2)54)26(36-48-50-38(52(28)36)42(58)64-8)40(56)46-20-14-10-12-16-22(20)60-4/h9-16H,1-8H3,(H,45,55)(H,46,56). The van der Waals surface area contributed by atoms with E-state index in [-0.39, 0.29) is 55.9 Å². The number of nitrogens with zero attached hydrogens (tertiary/aromatic N) is 6. The Bertz CT molecular complexity index is 3230. The van der Waals surface area contributed by atoms with Crippen LogP contribution in [0.1, 0.15) is 76.5 Å². The molecule has 0 saturated heterocycles. The number of thioether (sulfide) groups is 4. The van der Waals surface area contributed by atoms with Crippen molar-refractivity contribution in [3.63, 3.8) is 0 Å². The monoisotopic (exact) mass is 994 g/mol. The molecule has 0 fully saturated rings. The van der Waals surface area contributed by atoms with Gasteiger partial charge in [-0.2, -0.15) is 0 Å². The van der Waals surface area contributed by atoms with Crippen LogP contribution >= 0.6 is 47.0 Å². The molecule has 0 radical (unpaired) electrons. The first kappa shape index (κ1) is 45.9. The Hall–Kier alpha value is -7.28. The van der Waals surface area contributed by atoms with Gasteiger partial charge in [-0.1, -0.05) is 71.3 Å². The van der Waals surface area contributed by atoms with E-state index in [0.717, 1.165) is 0 Å². The topological polar surface area (TPSA) is 242 Å². The number of nitrogens with one attached hydrogen (secondary N) is 2. The van der Waals surface area contributed by atoms with E-state index >= 15 is 0 Å². The number of rotatable bonds is 12. The van der Waals surface area contributed by atoms with E-state index in [1.807, 2.05) is 0 Å². The van der Waals surface area contributed by atoms with Gasteiger partial charge in [0.1, 0.15) is 23.0 Å². The van der Waals surface area contributed by atoms with E-state index in [4.69, 9.17) is 28.4 Å². The van der Waals surface area contributed by atoms with Gasteiger partial charge in [0.05, 0.1) is 115 Å². The molecule has 2 amide bonds.